The molecule has 0 aliphatic carbocycles. The number of methoxy groups -OCH3 is 2. The lowest BCUT2D eigenvalue weighted by atomic mass is 9.99. The van der Waals surface area contributed by atoms with Crippen LogP contribution in [0.3, 0.4) is 0 Å². The number of fused-ring (bicyclic) bond motifs is 2. The number of rotatable bonds is 8. The van der Waals surface area contributed by atoms with Gasteiger partial charge in [0.05, 0.1) is 30.8 Å². The van der Waals surface area contributed by atoms with Gasteiger partial charge in [0.25, 0.3) is 5.56 Å². The van der Waals surface area contributed by atoms with Gasteiger partial charge in [-0.05, 0) is 55.2 Å². The number of ketones is 1. The van der Waals surface area contributed by atoms with Crippen molar-refractivity contribution in [3.05, 3.63) is 100.0 Å². The summed E-state index contributed by atoms with van der Waals surface area (Å²) in [6, 6.07) is 16.7. The molecule has 2 aromatic heterocycles. The zero-order valence-corrected chi connectivity index (χ0v) is 22.6. The molecule has 0 amide bonds. The standard InChI is InChI=1S/C31H27FN4O5/c1-39-27-16-21-23(17-28(27)40-2)33-18-34-30(21)41-20-12-10-19(11-13-20)15-26(37)29-25-9-5-6-14-35(25)36(31(29)38)24-8-4-3-7-22(24)32/h3-4,7-8,10-13,16-18H,5-6,9,14-15H2,1-2H3. The molecule has 6 rings (SSSR count). The van der Waals surface area contributed by atoms with Gasteiger partial charge in [-0.2, -0.15) is 0 Å². The van der Waals surface area contributed by atoms with Crippen LogP contribution in [0.2, 0.25) is 0 Å². The first-order valence-electron chi connectivity index (χ1n) is 13.2. The Balaban J connectivity index is 1.26. The molecule has 1 aliphatic rings. The van der Waals surface area contributed by atoms with Gasteiger partial charge >= 0.3 is 0 Å². The molecule has 0 radical (unpaired) electrons. The van der Waals surface area contributed by atoms with Crippen LogP contribution >= 0.6 is 0 Å². The minimum absolute atomic E-state index is 0.0250. The van der Waals surface area contributed by atoms with E-state index in [1.54, 1.807) is 73.5 Å². The third-order valence-electron chi connectivity index (χ3n) is 7.25. The second kappa shape index (κ2) is 10.9. The van der Waals surface area contributed by atoms with Crippen LogP contribution in [-0.4, -0.2) is 39.3 Å². The number of para-hydroxylation sites is 1. The fourth-order valence-corrected chi connectivity index (χ4v) is 5.28. The van der Waals surface area contributed by atoms with Crippen molar-refractivity contribution >= 4 is 16.7 Å². The lowest BCUT2D eigenvalue weighted by Gasteiger charge is -2.19. The average Bonchev–Trinajstić information content (AvgIpc) is 3.29. The summed E-state index contributed by atoms with van der Waals surface area (Å²) in [5.74, 6) is 1.11. The molecular weight excluding hydrogens is 527 g/mol. The first kappa shape index (κ1) is 26.2. The number of Topliss-reactive ketones (excluding diaryl/α,β-unsaturated/α-hetero) is 1. The van der Waals surface area contributed by atoms with Crippen molar-refractivity contribution in [1.29, 1.82) is 0 Å². The Hall–Kier alpha value is -4.99. The highest BCUT2D eigenvalue weighted by Gasteiger charge is 2.28. The van der Waals surface area contributed by atoms with Gasteiger partial charge in [0.15, 0.2) is 17.3 Å². The molecule has 5 aromatic rings. The number of hydrogen-bond acceptors (Lipinski definition) is 7. The van der Waals surface area contributed by atoms with Crippen LogP contribution in [0.4, 0.5) is 4.39 Å². The molecule has 3 heterocycles. The van der Waals surface area contributed by atoms with Gasteiger partial charge in [-0.15, -0.1) is 0 Å². The SMILES string of the molecule is COc1cc2ncnc(Oc3ccc(CC(=O)c4c5n(n(-c6ccccc6F)c4=O)CCCC5)cc3)c2cc1OC. The zero-order valence-electron chi connectivity index (χ0n) is 22.6. The molecule has 0 atom stereocenters. The molecule has 0 saturated carbocycles. The monoisotopic (exact) mass is 554 g/mol. The molecule has 9 nitrogen and oxygen atoms in total. The Labute approximate surface area is 234 Å². The molecule has 0 unspecified atom stereocenters. The Morgan fingerprint density at radius 2 is 1.73 bits per heavy atom. The van der Waals surface area contributed by atoms with Crippen LogP contribution in [0.15, 0.2) is 71.8 Å². The van der Waals surface area contributed by atoms with Gasteiger partial charge in [-0.3, -0.25) is 14.3 Å². The van der Waals surface area contributed by atoms with E-state index in [4.69, 9.17) is 14.2 Å². The van der Waals surface area contributed by atoms with Gasteiger partial charge < -0.3 is 14.2 Å². The average molecular weight is 555 g/mol. The minimum Gasteiger partial charge on any atom is -0.493 e. The highest BCUT2D eigenvalue weighted by Crippen LogP contribution is 2.35. The zero-order chi connectivity index (χ0) is 28.5. The number of carbonyl (C=O) groups excluding carboxylic acids is 1. The molecular formula is C31H27FN4O5. The van der Waals surface area contributed by atoms with Crippen LogP contribution in [0.1, 0.15) is 34.5 Å². The Morgan fingerprint density at radius 3 is 2.49 bits per heavy atom. The van der Waals surface area contributed by atoms with E-state index in [0.717, 1.165) is 12.8 Å². The molecule has 10 heteroatoms. The highest BCUT2D eigenvalue weighted by molar-refractivity contribution is 5.98. The smallest absolute Gasteiger partial charge is 0.282 e. The third-order valence-corrected chi connectivity index (χ3v) is 7.25. The third kappa shape index (κ3) is 4.82. The van der Waals surface area contributed by atoms with Crippen molar-refractivity contribution in [1.82, 2.24) is 19.3 Å². The molecule has 208 valence electrons. The number of carbonyl (C=O) groups is 1. The summed E-state index contributed by atoms with van der Waals surface area (Å²) in [7, 11) is 3.10. The maximum Gasteiger partial charge on any atom is 0.282 e. The first-order chi connectivity index (χ1) is 20.0. The number of ether oxygens (including phenoxy) is 3. The van der Waals surface area contributed by atoms with E-state index in [-0.39, 0.29) is 23.5 Å². The van der Waals surface area contributed by atoms with E-state index in [0.29, 0.717) is 58.3 Å². The van der Waals surface area contributed by atoms with E-state index < -0.39 is 11.4 Å². The van der Waals surface area contributed by atoms with Crippen LogP contribution < -0.4 is 19.8 Å². The topological polar surface area (TPSA) is 97.5 Å². The summed E-state index contributed by atoms with van der Waals surface area (Å²) in [4.78, 5) is 35.5. The summed E-state index contributed by atoms with van der Waals surface area (Å²) in [6.45, 7) is 0.550. The lowest BCUT2D eigenvalue weighted by molar-refractivity contribution is 0.0990. The van der Waals surface area contributed by atoms with Crippen molar-refractivity contribution in [2.45, 2.75) is 32.2 Å². The van der Waals surface area contributed by atoms with Gasteiger partial charge in [-0.25, -0.2) is 19.0 Å². The summed E-state index contributed by atoms with van der Waals surface area (Å²) in [5, 5.41) is 0.647. The van der Waals surface area contributed by atoms with Crippen LogP contribution in [0, 0.1) is 5.82 Å². The fraction of sp³-hybridized carbons (Fsp3) is 0.226. The Kier molecular flexibility index (Phi) is 6.96. The molecule has 0 spiro atoms. The van der Waals surface area contributed by atoms with Gasteiger partial charge in [0.1, 0.15) is 29.1 Å². The van der Waals surface area contributed by atoms with Crippen molar-refractivity contribution < 1.29 is 23.4 Å². The Bertz CT molecular complexity index is 1830. The number of aromatic nitrogens is 4. The van der Waals surface area contributed by atoms with Gasteiger partial charge in [0.2, 0.25) is 5.88 Å². The molecule has 0 N–H and O–H groups in total. The van der Waals surface area contributed by atoms with E-state index in [2.05, 4.69) is 9.97 Å². The predicted molar refractivity (Wildman–Crippen MR) is 150 cm³/mol. The van der Waals surface area contributed by atoms with E-state index in [1.807, 2.05) is 0 Å². The first-order valence-corrected chi connectivity index (χ1v) is 13.2. The maximum atomic E-state index is 14.6. The van der Waals surface area contributed by atoms with Crippen LogP contribution in [0.5, 0.6) is 23.1 Å². The second-order valence-corrected chi connectivity index (χ2v) is 9.72. The molecule has 0 saturated heterocycles. The molecule has 0 bridgehead atoms. The highest BCUT2D eigenvalue weighted by atomic mass is 19.1. The number of hydrogen-bond donors (Lipinski definition) is 0. The molecule has 1 aliphatic heterocycles. The van der Waals surface area contributed by atoms with Crippen LogP contribution in [-0.2, 0) is 19.4 Å². The molecule has 41 heavy (non-hydrogen) atoms. The van der Waals surface area contributed by atoms with Crippen molar-refractivity contribution in [2.75, 3.05) is 14.2 Å². The summed E-state index contributed by atoms with van der Waals surface area (Å²) >= 11 is 0. The summed E-state index contributed by atoms with van der Waals surface area (Å²) in [6.07, 6.45) is 3.74. The van der Waals surface area contributed by atoms with Crippen molar-refractivity contribution in [2.24, 2.45) is 0 Å². The van der Waals surface area contributed by atoms with Crippen molar-refractivity contribution in [3.63, 3.8) is 0 Å². The second-order valence-electron chi connectivity index (χ2n) is 9.72. The summed E-state index contributed by atoms with van der Waals surface area (Å²) < 4.78 is 34.5. The normalized spacial score (nSPS) is 12.7. The number of benzene rings is 3. The largest absolute Gasteiger partial charge is 0.493 e. The molecule has 3 aromatic carbocycles. The van der Waals surface area contributed by atoms with Crippen LogP contribution in [0.25, 0.3) is 16.6 Å². The van der Waals surface area contributed by atoms with Gasteiger partial charge in [-0.1, -0.05) is 24.3 Å². The quantitative estimate of drug-likeness (QED) is 0.240. The molecule has 0 fully saturated rings. The van der Waals surface area contributed by atoms with E-state index in [1.165, 1.54) is 17.1 Å². The Morgan fingerprint density at radius 1 is 0.976 bits per heavy atom. The lowest BCUT2D eigenvalue weighted by Crippen LogP contribution is -2.25. The predicted octanol–water partition coefficient (Wildman–Crippen LogP) is 5.29. The maximum absolute atomic E-state index is 14.6. The minimum atomic E-state index is -0.510. The van der Waals surface area contributed by atoms with E-state index >= 15 is 0 Å². The fourth-order valence-electron chi connectivity index (χ4n) is 5.28. The van der Waals surface area contributed by atoms with E-state index in [9.17, 15) is 14.0 Å². The summed E-state index contributed by atoms with van der Waals surface area (Å²) in [5.41, 5.74) is 1.80. The van der Waals surface area contributed by atoms with Gasteiger partial charge in [0, 0.05) is 19.0 Å². The van der Waals surface area contributed by atoms with Crippen molar-refractivity contribution in [3.8, 4) is 28.8 Å². The number of nitrogens with zero attached hydrogens (tertiary/aromatic N) is 4. The number of halogens is 1.